The summed E-state index contributed by atoms with van der Waals surface area (Å²) in [5.41, 5.74) is 1.56. The molecule has 2 N–H and O–H groups in total. The van der Waals surface area contributed by atoms with Crippen molar-refractivity contribution in [2.45, 2.75) is 38.4 Å². The lowest BCUT2D eigenvalue weighted by atomic mass is 10.2. The van der Waals surface area contributed by atoms with Crippen LogP contribution < -0.4 is 5.32 Å². The van der Waals surface area contributed by atoms with Gasteiger partial charge in [0.15, 0.2) is 5.03 Å². The molecule has 0 spiro atoms. The van der Waals surface area contributed by atoms with Gasteiger partial charge < -0.3 is 5.32 Å². The summed E-state index contributed by atoms with van der Waals surface area (Å²) in [7, 11) is -3.51. The second-order valence-electron chi connectivity index (χ2n) is 4.95. The van der Waals surface area contributed by atoms with Crippen LogP contribution in [0.15, 0.2) is 5.03 Å². The number of aromatic amines is 1. The molecule has 2 heterocycles. The maximum atomic E-state index is 12.8. The maximum absolute atomic E-state index is 12.8. The van der Waals surface area contributed by atoms with E-state index in [-0.39, 0.29) is 11.1 Å². The van der Waals surface area contributed by atoms with Crippen molar-refractivity contribution < 1.29 is 8.42 Å². The molecule has 2 rings (SSSR count). The van der Waals surface area contributed by atoms with Crippen LogP contribution in [-0.4, -0.2) is 53.6 Å². The quantitative estimate of drug-likeness (QED) is 0.845. The van der Waals surface area contributed by atoms with E-state index in [0.29, 0.717) is 13.1 Å². The van der Waals surface area contributed by atoms with Crippen LogP contribution in [0.5, 0.6) is 0 Å². The van der Waals surface area contributed by atoms with E-state index < -0.39 is 10.0 Å². The van der Waals surface area contributed by atoms with Crippen LogP contribution in [0.3, 0.4) is 0 Å². The van der Waals surface area contributed by atoms with Crippen LogP contribution in [0.1, 0.15) is 25.1 Å². The number of sulfonamides is 1. The van der Waals surface area contributed by atoms with Crippen molar-refractivity contribution in [3.63, 3.8) is 0 Å². The van der Waals surface area contributed by atoms with Crippen molar-refractivity contribution in [2.24, 2.45) is 0 Å². The zero-order chi connectivity index (χ0) is 14.8. The Labute approximate surface area is 124 Å². The molecule has 1 aliphatic heterocycles. The molecule has 0 radical (unpaired) electrons. The van der Waals surface area contributed by atoms with Gasteiger partial charge in [-0.15, -0.1) is 0 Å². The molecule has 1 saturated heterocycles. The third kappa shape index (κ3) is 3.03. The van der Waals surface area contributed by atoms with Crippen molar-refractivity contribution in [3.8, 4) is 0 Å². The van der Waals surface area contributed by atoms with Gasteiger partial charge in [-0.25, -0.2) is 8.42 Å². The lowest BCUT2D eigenvalue weighted by molar-refractivity contribution is 0.365. The molecular weight excluding hydrogens is 296 g/mol. The first kappa shape index (κ1) is 15.8. The van der Waals surface area contributed by atoms with Gasteiger partial charge in [-0.05, 0) is 20.4 Å². The number of thioether (sulfide) groups is 1. The summed E-state index contributed by atoms with van der Waals surface area (Å²) in [5, 5.41) is 10.2. The van der Waals surface area contributed by atoms with E-state index in [2.05, 4.69) is 15.5 Å². The largest absolute Gasteiger partial charge is 0.313 e. The van der Waals surface area contributed by atoms with E-state index in [1.54, 1.807) is 16.1 Å². The summed E-state index contributed by atoms with van der Waals surface area (Å²) in [4.78, 5) is 0. The fourth-order valence-corrected chi connectivity index (χ4v) is 5.30. The SMILES string of the molecule is CCNCc1c(S(=O)(=O)N2CCSCC2C)n[nH]c1C. The van der Waals surface area contributed by atoms with Gasteiger partial charge in [-0.1, -0.05) is 6.92 Å². The summed E-state index contributed by atoms with van der Waals surface area (Å²) in [6.07, 6.45) is 0. The summed E-state index contributed by atoms with van der Waals surface area (Å²) < 4.78 is 27.2. The van der Waals surface area contributed by atoms with Gasteiger partial charge in [0.1, 0.15) is 0 Å². The molecule has 6 nitrogen and oxygen atoms in total. The highest BCUT2D eigenvalue weighted by Gasteiger charge is 2.35. The molecule has 20 heavy (non-hydrogen) atoms. The number of rotatable bonds is 5. The van der Waals surface area contributed by atoms with E-state index in [9.17, 15) is 8.42 Å². The first-order valence-corrected chi connectivity index (χ1v) is 9.42. The summed E-state index contributed by atoms with van der Waals surface area (Å²) in [5.74, 6) is 1.68. The summed E-state index contributed by atoms with van der Waals surface area (Å²) >= 11 is 1.79. The molecule has 1 atom stereocenters. The van der Waals surface area contributed by atoms with Gasteiger partial charge >= 0.3 is 0 Å². The first-order chi connectivity index (χ1) is 9.48. The highest BCUT2D eigenvalue weighted by Crippen LogP contribution is 2.26. The standard InChI is InChI=1S/C12H22N4O2S2/c1-4-13-7-11-10(3)14-15-12(11)20(17,18)16-5-6-19-8-9(16)2/h9,13H,4-8H2,1-3H3,(H,14,15). The van der Waals surface area contributed by atoms with Crippen LogP contribution in [0, 0.1) is 6.92 Å². The van der Waals surface area contributed by atoms with E-state index in [1.807, 2.05) is 20.8 Å². The zero-order valence-electron chi connectivity index (χ0n) is 12.1. The highest BCUT2D eigenvalue weighted by molar-refractivity contribution is 7.99. The van der Waals surface area contributed by atoms with Gasteiger partial charge in [0.2, 0.25) is 0 Å². The number of H-pyrrole nitrogens is 1. The maximum Gasteiger partial charge on any atom is 0.263 e. The average molecular weight is 318 g/mol. The Morgan fingerprint density at radius 1 is 1.55 bits per heavy atom. The monoisotopic (exact) mass is 318 g/mol. The smallest absolute Gasteiger partial charge is 0.263 e. The van der Waals surface area contributed by atoms with Gasteiger partial charge in [0.25, 0.3) is 10.0 Å². The first-order valence-electron chi connectivity index (χ1n) is 6.82. The number of hydrogen-bond donors (Lipinski definition) is 2. The van der Waals surface area contributed by atoms with E-state index in [0.717, 1.165) is 29.3 Å². The predicted octanol–water partition coefficient (Wildman–Crippen LogP) is 0.954. The van der Waals surface area contributed by atoms with Gasteiger partial charge in [0, 0.05) is 41.9 Å². The molecule has 114 valence electrons. The zero-order valence-corrected chi connectivity index (χ0v) is 13.8. The Balaban J connectivity index is 2.33. The molecule has 0 saturated carbocycles. The van der Waals surface area contributed by atoms with Crippen molar-refractivity contribution in [2.75, 3.05) is 24.6 Å². The van der Waals surface area contributed by atoms with Crippen LogP contribution in [0.25, 0.3) is 0 Å². The Morgan fingerprint density at radius 2 is 2.30 bits per heavy atom. The third-order valence-corrected chi connectivity index (χ3v) is 6.62. The summed E-state index contributed by atoms with van der Waals surface area (Å²) in [6.45, 7) is 7.67. The van der Waals surface area contributed by atoms with Crippen molar-refractivity contribution >= 4 is 21.8 Å². The Kier molecular flexibility index (Phi) is 5.11. The molecular formula is C12H22N4O2S2. The lowest BCUT2D eigenvalue weighted by Crippen LogP contribution is -2.44. The second-order valence-corrected chi connectivity index (χ2v) is 7.91. The van der Waals surface area contributed by atoms with Crippen LogP contribution in [0.4, 0.5) is 0 Å². The Morgan fingerprint density at radius 3 is 2.95 bits per heavy atom. The normalized spacial score (nSPS) is 21.2. The number of nitrogens with zero attached hydrogens (tertiary/aromatic N) is 2. The lowest BCUT2D eigenvalue weighted by Gasteiger charge is -2.31. The molecule has 0 aromatic carbocycles. The molecule has 1 unspecified atom stereocenters. The van der Waals surface area contributed by atoms with Gasteiger partial charge in [-0.2, -0.15) is 21.2 Å². The molecule has 0 aliphatic carbocycles. The van der Waals surface area contributed by atoms with E-state index in [4.69, 9.17) is 0 Å². The molecule has 1 aliphatic rings. The van der Waals surface area contributed by atoms with E-state index >= 15 is 0 Å². The topological polar surface area (TPSA) is 78.1 Å². The fourth-order valence-electron chi connectivity index (χ4n) is 2.28. The van der Waals surface area contributed by atoms with E-state index in [1.165, 1.54) is 0 Å². The predicted molar refractivity (Wildman–Crippen MR) is 81.4 cm³/mol. The van der Waals surface area contributed by atoms with Crippen LogP contribution in [-0.2, 0) is 16.6 Å². The minimum Gasteiger partial charge on any atom is -0.313 e. The van der Waals surface area contributed by atoms with Gasteiger partial charge in [-0.3, -0.25) is 5.10 Å². The average Bonchev–Trinajstić information content (AvgIpc) is 2.78. The molecule has 1 aromatic rings. The highest BCUT2D eigenvalue weighted by atomic mass is 32.2. The number of nitrogens with one attached hydrogen (secondary N) is 2. The fraction of sp³-hybridized carbons (Fsp3) is 0.750. The molecule has 8 heteroatoms. The van der Waals surface area contributed by atoms with Crippen molar-refractivity contribution in [1.29, 1.82) is 0 Å². The minimum absolute atomic E-state index is 0.0164. The van der Waals surface area contributed by atoms with Crippen molar-refractivity contribution in [1.82, 2.24) is 19.8 Å². The number of aromatic nitrogens is 2. The molecule has 0 amide bonds. The Bertz CT molecular complexity index is 556. The van der Waals surface area contributed by atoms with Gasteiger partial charge in [0.05, 0.1) is 0 Å². The molecule has 0 bridgehead atoms. The second kappa shape index (κ2) is 6.46. The number of aryl methyl sites for hydroxylation is 1. The van der Waals surface area contributed by atoms with Crippen LogP contribution in [0.2, 0.25) is 0 Å². The van der Waals surface area contributed by atoms with Crippen LogP contribution >= 0.6 is 11.8 Å². The van der Waals surface area contributed by atoms with Crippen molar-refractivity contribution in [3.05, 3.63) is 11.3 Å². The molecule has 1 fully saturated rings. The molecule has 1 aromatic heterocycles. The summed E-state index contributed by atoms with van der Waals surface area (Å²) in [6, 6.07) is 0.0164. The third-order valence-electron chi connectivity index (χ3n) is 3.45. The number of hydrogen-bond acceptors (Lipinski definition) is 5. The minimum atomic E-state index is -3.51. The Hall–Kier alpha value is -0.570.